The summed E-state index contributed by atoms with van der Waals surface area (Å²) in [5.74, 6) is -0.296. The Balaban J connectivity index is 2.45. The first-order chi connectivity index (χ1) is 8.45. The molecule has 0 unspecified atom stereocenters. The summed E-state index contributed by atoms with van der Waals surface area (Å²) in [6.07, 6.45) is 0.265. The number of carbonyl (C=O) groups is 2. The second kappa shape index (κ2) is 6.04. The van der Waals surface area contributed by atoms with Crippen LogP contribution in [0.1, 0.15) is 17.8 Å². The molecule has 2 amide bonds. The van der Waals surface area contributed by atoms with Crippen molar-refractivity contribution < 1.29 is 9.59 Å². The molecule has 1 heterocycles. The van der Waals surface area contributed by atoms with Gasteiger partial charge in [-0.25, -0.2) is 0 Å². The van der Waals surface area contributed by atoms with Crippen molar-refractivity contribution in [3.8, 4) is 0 Å². The van der Waals surface area contributed by atoms with Crippen LogP contribution in [0.5, 0.6) is 0 Å². The second-order valence-corrected chi connectivity index (χ2v) is 4.02. The predicted molar refractivity (Wildman–Crippen MR) is 67.8 cm³/mol. The summed E-state index contributed by atoms with van der Waals surface area (Å²) in [5.41, 5.74) is 7.86. The fourth-order valence-electron chi connectivity index (χ4n) is 1.50. The Kier molecular flexibility index (Phi) is 4.70. The number of amides is 2. The molecule has 18 heavy (non-hydrogen) atoms. The molecule has 1 aromatic heterocycles. The van der Waals surface area contributed by atoms with E-state index in [1.807, 2.05) is 6.92 Å². The molecule has 0 bridgehead atoms. The van der Waals surface area contributed by atoms with Crippen molar-refractivity contribution in [3.05, 3.63) is 11.4 Å². The number of hydrogen-bond acceptors (Lipinski definition) is 4. The van der Waals surface area contributed by atoms with Gasteiger partial charge in [-0.05, 0) is 13.8 Å². The second-order valence-electron chi connectivity index (χ2n) is 4.02. The molecule has 1 aromatic rings. The lowest BCUT2D eigenvalue weighted by Crippen LogP contribution is -2.32. The molecular formula is C11H19N5O2. The van der Waals surface area contributed by atoms with E-state index in [9.17, 15) is 9.59 Å². The van der Waals surface area contributed by atoms with E-state index in [0.29, 0.717) is 17.9 Å². The molecule has 0 fully saturated rings. The van der Waals surface area contributed by atoms with Crippen LogP contribution in [0, 0.1) is 13.8 Å². The molecule has 4 N–H and O–H groups in total. The number of anilines is 1. The largest absolute Gasteiger partial charge is 0.396 e. The third-order valence-electron chi connectivity index (χ3n) is 2.68. The van der Waals surface area contributed by atoms with Crippen LogP contribution in [0.3, 0.4) is 0 Å². The Morgan fingerprint density at radius 3 is 2.50 bits per heavy atom. The van der Waals surface area contributed by atoms with E-state index in [1.54, 1.807) is 18.7 Å². The van der Waals surface area contributed by atoms with Crippen LogP contribution >= 0.6 is 0 Å². The van der Waals surface area contributed by atoms with Gasteiger partial charge in [-0.3, -0.25) is 14.3 Å². The van der Waals surface area contributed by atoms with E-state index in [1.165, 1.54) is 0 Å². The van der Waals surface area contributed by atoms with Gasteiger partial charge >= 0.3 is 0 Å². The summed E-state index contributed by atoms with van der Waals surface area (Å²) in [6.45, 7) is 4.03. The SMILES string of the molecule is CNC(=O)CCNC(=O)Cn1nc(C)c(N)c1C. The quantitative estimate of drug-likeness (QED) is 0.648. The van der Waals surface area contributed by atoms with Crippen LogP contribution in [0.25, 0.3) is 0 Å². The fourth-order valence-corrected chi connectivity index (χ4v) is 1.50. The number of rotatable bonds is 5. The minimum atomic E-state index is -0.190. The van der Waals surface area contributed by atoms with Gasteiger partial charge in [0.15, 0.2) is 0 Å². The van der Waals surface area contributed by atoms with Crippen molar-refractivity contribution in [3.63, 3.8) is 0 Å². The van der Waals surface area contributed by atoms with Crippen LogP contribution in [0.2, 0.25) is 0 Å². The van der Waals surface area contributed by atoms with Gasteiger partial charge < -0.3 is 16.4 Å². The molecule has 0 saturated carbocycles. The molecule has 0 aliphatic rings. The van der Waals surface area contributed by atoms with Crippen molar-refractivity contribution in [1.82, 2.24) is 20.4 Å². The van der Waals surface area contributed by atoms with Crippen LogP contribution in [0.15, 0.2) is 0 Å². The zero-order valence-corrected chi connectivity index (χ0v) is 10.9. The lowest BCUT2D eigenvalue weighted by atomic mass is 10.3. The third kappa shape index (κ3) is 3.47. The molecule has 0 aromatic carbocycles. The molecule has 0 aliphatic carbocycles. The lowest BCUT2D eigenvalue weighted by Gasteiger charge is -2.06. The fraction of sp³-hybridized carbons (Fsp3) is 0.545. The number of nitrogens with one attached hydrogen (secondary N) is 2. The summed E-state index contributed by atoms with van der Waals surface area (Å²) < 4.78 is 1.56. The molecule has 100 valence electrons. The molecule has 1 rings (SSSR count). The van der Waals surface area contributed by atoms with Crippen LogP contribution in [-0.4, -0.2) is 35.2 Å². The molecule has 0 atom stereocenters. The average molecular weight is 253 g/mol. The van der Waals surface area contributed by atoms with E-state index >= 15 is 0 Å². The highest BCUT2D eigenvalue weighted by Crippen LogP contribution is 2.14. The number of aryl methyl sites for hydroxylation is 1. The minimum Gasteiger partial charge on any atom is -0.396 e. The van der Waals surface area contributed by atoms with Gasteiger partial charge in [0.2, 0.25) is 11.8 Å². The van der Waals surface area contributed by atoms with E-state index in [2.05, 4.69) is 15.7 Å². The van der Waals surface area contributed by atoms with E-state index < -0.39 is 0 Å². The minimum absolute atomic E-state index is 0.106. The van der Waals surface area contributed by atoms with Crippen molar-refractivity contribution >= 4 is 17.5 Å². The summed E-state index contributed by atoms with van der Waals surface area (Å²) in [5, 5.41) is 9.30. The molecule has 0 spiro atoms. The molecular weight excluding hydrogens is 234 g/mol. The Morgan fingerprint density at radius 1 is 1.33 bits per heavy atom. The maximum absolute atomic E-state index is 11.6. The predicted octanol–water partition coefficient (Wildman–Crippen LogP) is -0.666. The van der Waals surface area contributed by atoms with E-state index in [0.717, 1.165) is 5.69 Å². The molecule has 0 aliphatic heterocycles. The zero-order valence-electron chi connectivity index (χ0n) is 10.9. The van der Waals surface area contributed by atoms with E-state index in [-0.39, 0.29) is 24.8 Å². The van der Waals surface area contributed by atoms with Gasteiger partial charge in [-0.2, -0.15) is 5.10 Å². The number of nitrogens with zero attached hydrogens (tertiary/aromatic N) is 2. The van der Waals surface area contributed by atoms with Crippen LogP contribution < -0.4 is 16.4 Å². The van der Waals surface area contributed by atoms with Crippen molar-refractivity contribution in [1.29, 1.82) is 0 Å². The molecule has 0 radical (unpaired) electrons. The maximum Gasteiger partial charge on any atom is 0.241 e. The Hall–Kier alpha value is -2.05. The smallest absolute Gasteiger partial charge is 0.241 e. The number of carbonyl (C=O) groups excluding carboxylic acids is 2. The van der Waals surface area contributed by atoms with Gasteiger partial charge in [0.05, 0.1) is 17.1 Å². The maximum atomic E-state index is 11.6. The summed E-state index contributed by atoms with van der Waals surface area (Å²) in [6, 6.07) is 0. The topological polar surface area (TPSA) is 102 Å². The Labute approximate surface area is 106 Å². The monoisotopic (exact) mass is 253 g/mol. The summed E-state index contributed by atoms with van der Waals surface area (Å²) in [7, 11) is 1.56. The van der Waals surface area contributed by atoms with Crippen molar-refractivity contribution in [2.24, 2.45) is 0 Å². The highest BCUT2D eigenvalue weighted by atomic mass is 16.2. The zero-order chi connectivity index (χ0) is 13.7. The van der Waals surface area contributed by atoms with E-state index in [4.69, 9.17) is 5.73 Å². The highest BCUT2D eigenvalue weighted by Gasteiger charge is 2.11. The van der Waals surface area contributed by atoms with Gasteiger partial charge in [0, 0.05) is 20.0 Å². The van der Waals surface area contributed by atoms with Gasteiger partial charge in [0.25, 0.3) is 0 Å². The van der Waals surface area contributed by atoms with Crippen LogP contribution in [-0.2, 0) is 16.1 Å². The number of nitrogen functional groups attached to an aromatic ring is 1. The molecule has 7 nitrogen and oxygen atoms in total. The van der Waals surface area contributed by atoms with Gasteiger partial charge in [0.1, 0.15) is 6.54 Å². The first-order valence-electron chi connectivity index (χ1n) is 5.72. The third-order valence-corrected chi connectivity index (χ3v) is 2.68. The Morgan fingerprint density at radius 2 is 2.00 bits per heavy atom. The van der Waals surface area contributed by atoms with Crippen LogP contribution in [0.4, 0.5) is 5.69 Å². The number of aromatic nitrogens is 2. The number of nitrogens with two attached hydrogens (primary N) is 1. The van der Waals surface area contributed by atoms with Gasteiger partial charge in [-0.15, -0.1) is 0 Å². The number of hydrogen-bond donors (Lipinski definition) is 3. The van der Waals surface area contributed by atoms with Crippen molar-refractivity contribution in [2.45, 2.75) is 26.8 Å². The van der Waals surface area contributed by atoms with Crippen molar-refractivity contribution in [2.75, 3.05) is 19.3 Å². The first-order valence-corrected chi connectivity index (χ1v) is 5.72. The molecule has 0 saturated heterocycles. The molecule has 7 heteroatoms. The Bertz CT molecular complexity index is 453. The normalized spacial score (nSPS) is 10.2. The summed E-state index contributed by atoms with van der Waals surface area (Å²) >= 11 is 0. The lowest BCUT2D eigenvalue weighted by molar-refractivity contribution is -0.122. The standard InChI is InChI=1S/C11H19N5O2/c1-7-11(12)8(2)16(15-7)6-10(18)14-5-4-9(17)13-3/h4-6,12H2,1-3H3,(H,13,17)(H,14,18). The highest BCUT2D eigenvalue weighted by molar-refractivity contribution is 5.78. The summed E-state index contributed by atoms with van der Waals surface area (Å²) in [4.78, 5) is 22.6. The first kappa shape index (κ1) is 14.0. The van der Waals surface area contributed by atoms with Gasteiger partial charge in [-0.1, -0.05) is 0 Å². The average Bonchev–Trinajstić information content (AvgIpc) is 2.56.